The molecule has 6 nitrogen and oxygen atoms in total. The Bertz CT molecular complexity index is 531. The Kier molecular flexibility index (Phi) is 3.76. The maximum atomic E-state index is 4.49. The van der Waals surface area contributed by atoms with Gasteiger partial charge in [0.1, 0.15) is 11.6 Å². The Morgan fingerprint density at radius 2 is 2.11 bits per heavy atom. The van der Waals surface area contributed by atoms with E-state index in [9.17, 15) is 0 Å². The first-order chi connectivity index (χ1) is 8.61. The fourth-order valence-corrected chi connectivity index (χ4v) is 1.82. The standard InChI is InChI=1S/C12H20N6/c1-5-13-11-10-8-14-18(7-6-17(3)4)12(10)16-9(2)15-11/h8H,5-7H2,1-4H3,(H,13,15,16). The summed E-state index contributed by atoms with van der Waals surface area (Å²) in [6.45, 7) is 6.58. The van der Waals surface area contributed by atoms with E-state index in [4.69, 9.17) is 0 Å². The highest BCUT2D eigenvalue weighted by Gasteiger charge is 2.10. The molecule has 2 aromatic heterocycles. The van der Waals surface area contributed by atoms with E-state index in [-0.39, 0.29) is 0 Å². The number of nitrogens with zero attached hydrogens (tertiary/aromatic N) is 5. The molecule has 2 heterocycles. The van der Waals surface area contributed by atoms with E-state index in [2.05, 4.69) is 46.3 Å². The highest BCUT2D eigenvalue weighted by atomic mass is 15.3. The fourth-order valence-electron chi connectivity index (χ4n) is 1.82. The molecule has 6 heteroatoms. The number of aromatic nitrogens is 4. The Labute approximate surface area is 107 Å². The van der Waals surface area contributed by atoms with Crippen LogP contribution in [0, 0.1) is 6.92 Å². The summed E-state index contributed by atoms with van der Waals surface area (Å²) in [6.07, 6.45) is 1.84. The number of nitrogens with one attached hydrogen (secondary N) is 1. The minimum Gasteiger partial charge on any atom is -0.370 e. The van der Waals surface area contributed by atoms with Gasteiger partial charge in [-0.25, -0.2) is 14.6 Å². The van der Waals surface area contributed by atoms with Crippen LogP contribution in [0.2, 0.25) is 0 Å². The van der Waals surface area contributed by atoms with E-state index in [1.54, 1.807) is 0 Å². The van der Waals surface area contributed by atoms with E-state index in [0.717, 1.165) is 42.3 Å². The second-order valence-electron chi connectivity index (χ2n) is 4.56. The Hall–Kier alpha value is -1.69. The third-order valence-corrected chi connectivity index (χ3v) is 2.71. The summed E-state index contributed by atoms with van der Waals surface area (Å²) in [5.41, 5.74) is 0.903. The lowest BCUT2D eigenvalue weighted by atomic mass is 10.3. The van der Waals surface area contributed by atoms with Crippen LogP contribution in [0.5, 0.6) is 0 Å². The molecule has 0 aliphatic carbocycles. The maximum absolute atomic E-state index is 4.49. The van der Waals surface area contributed by atoms with Crippen LogP contribution in [-0.4, -0.2) is 51.8 Å². The van der Waals surface area contributed by atoms with Crippen LogP contribution in [-0.2, 0) is 6.54 Å². The number of likely N-dealkylation sites (N-methyl/N-ethyl adjacent to an activating group) is 1. The molecule has 0 unspecified atom stereocenters. The van der Waals surface area contributed by atoms with Gasteiger partial charge in [0.05, 0.1) is 18.1 Å². The van der Waals surface area contributed by atoms with E-state index >= 15 is 0 Å². The van der Waals surface area contributed by atoms with Crippen molar-refractivity contribution in [2.45, 2.75) is 20.4 Å². The number of hydrogen-bond donors (Lipinski definition) is 1. The van der Waals surface area contributed by atoms with Crippen LogP contribution in [0.25, 0.3) is 11.0 Å². The molecule has 0 aliphatic heterocycles. The predicted octanol–water partition coefficient (Wildman–Crippen LogP) is 1.13. The second kappa shape index (κ2) is 5.30. The van der Waals surface area contributed by atoms with Crippen LogP contribution in [0.15, 0.2) is 6.20 Å². The van der Waals surface area contributed by atoms with Crippen molar-refractivity contribution in [3.05, 3.63) is 12.0 Å². The summed E-state index contributed by atoms with van der Waals surface area (Å²) >= 11 is 0. The van der Waals surface area contributed by atoms with Gasteiger partial charge in [0.2, 0.25) is 0 Å². The Balaban J connectivity index is 2.39. The summed E-state index contributed by atoms with van der Waals surface area (Å²) in [5, 5.41) is 8.64. The minimum atomic E-state index is 0.769. The largest absolute Gasteiger partial charge is 0.370 e. The molecule has 0 radical (unpaired) electrons. The summed E-state index contributed by atoms with van der Waals surface area (Å²) in [4.78, 5) is 11.0. The van der Waals surface area contributed by atoms with E-state index < -0.39 is 0 Å². The zero-order chi connectivity index (χ0) is 13.1. The molecular formula is C12H20N6. The van der Waals surface area contributed by atoms with Gasteiger partial charge >= 0.3 is 0 Å². The lowest BCUT2D eigenvalue weighted by Gasteiger charge is -2.10. The molecule has 2 rings (SSSR count). The molecule has 0 saturated carbocycles. The average Bonchev–Trinajstić information content (AvgIpc) is 2.70. The quantitative estimate of drug-likeness (QED) is 0.859. The first-order valence-corrected chi connectivity index (χ1v) is 6.20. The van der Waals surface area contributed by atoms with Gasteiger partial charge in [-0.15, -0.1) is 0 Å². The van der Waals surface area contributed by atoms with Crippen molar-refractivity contribution in [3.8, 4) is 0 Å². The van der Waals surface area contributed by atoms with Gasteiger partial charge in [-0.2, -0.15) is 5.10 Å². The summed E-state index contributed by atoms with van der Waals surface area (Å²) in [6, 6.07) is 0. The minimum absolute atomic E-state index is 0.769. The van der Waals surface area contributed by atoms with Gasteiger partial charge in [-0.3, -0.25) is 0 Å². The molecule has 0 atom stereocenters. The van der Waals surface area contributed by atoms with Crippen molar-refractivity contribution in [1.29, 1.82) is 0 Å². The summed E-state index contributed by atoms with van der Waals surface area (Å²) < 4.78 is 1.94. The Morgan fingerprint density at radius 3 is 2.78 bits per heavy atom. The average molecular weight is 248 g/mol. The zero-order valence-electron chi connectivity index (χ0n) is 11.4. The van der Waals surface area contributed by atoms with Crippen molar-refractivity contribution >= 4 is 16.9 Å². The van der Waals surface area contributed by atoms with Crippen molar-refractivity contribution < 1.29 is 0 Å². The molecular weight excluding hydrogens is 228 g/mol. The molecule has 0 saturated heterocycles. The number of aryl methyl sites for hydroxylation is 1. The Morgan fingerprint density at radius 1 is 1.33 bits per heavy atom. The smallest absolute Gasteiger partial charge is 0.163 e. The van der Waals surface area contributed by atoms with Crippen LogP contribution < -0.4 is 5.32 Å². The molecule has 18 heavy (non-hydrogen) atoms. The molecule has 98 valence electrons. The monoisotopic (exact) mass is 248 g/mol. The lowest BCUT2D eigenvalue weighted by Crippen LogP contribution is -2.19. The van der Waals surface area contributed by atoms with E-state index in [0.29, 0.717) is 0 Å². The van der Waals surface area contributed by atoms with Gasteiger partial charge < -0.3 is 10.2 Å². The molecule has 0 bridgehead atoms. The van der Waals surface area contributed by atoms with Gasteiger partial charge in [0.25, 0.3) is 0 Å². The number of hydrogen-bond acceptors (Lipinski definition) is 5. The number of fused-ring (bicyclic) bond motifs is 1. The number of rotatable bonds is 5. The predicted molar refractivity (Wildman–Crippen MR) is 72.8 cm³/mol. The van der Waals surface area contributed by atoms with Crippen molar-refractivity contribution in [3.63, 3.8) is 0 Å². The normalized spacial score (nSPS) is 11.4. The molecule has 0 spiro atoms. The van der Waals surface area contributed by atoms with E-state index in [1.807, 2.05) is 17.8 Å². The van der Waals surface area contributed by atoms with E-state index in [1.165, 1.54) is 0 Å². The van der Waals surface area contributed by atoms with Crippen LogP contribution in [0.4, 0.5) is 5.82 Å². The summed E-state index contributed by atoms with van der Waals surface area (Å²) in [5.74, 6) is 1.64. The highest BCUT2D eigenvalue weighted by molar-refractivity contribution is 5.86. The molecule has 0 aromatic carbocycles. The third-order valence-electron chi connectivity index (χ3n) is 2.71. The lowest BCUT2D eigenvalue weighted by molar-refractivity contribution is 0.376. The molecule has 0 amide bonds. The fraction of sp³-hybridized carbons (Fsp3) is 0.583. The highest BCUT2D eigenvalue weighted by Crippen LogP contribution is 2.19. The summed E-state index contributed by atoms with van der Waals surface area (Å²) in [7, 11) is 4.10. The first kappa shape index (κ1) is 12.8. The zero-order valence-corrected chi connectivity index (χ0v) is 11.4. The van der Waals surface area contributed by atoms with Gasteiger partial charge in [0.15, 0.2) is 5.65 Å². The second-order valence-corrected chi connectivity index (χ2v) is 4.56. The van der Waals surface area contributed by atoms with Gasteiger partial charge in [-0.05, 0) is 27.9 Å². The SMILES string of the molecule is CCNc1nc(C)nc2c1cnn2CCN(C)C. The first-order valence-electron chi connectivity index (χ1n) is 6.20. The van der Waals surface area contributed by atoms with Gasteiger partial charge in [0, 0.05) is 13.1 Å². The van der Waals surface area contributed by atoms with Crippen molar-refractivity contribution in [1.82, 2.24) is 24.6 Å². The van der Waals surface area contributed by atoms with Crippen molar-refractivity contribution in [2.24, 2.45) is 0 Å². The van der Waals surface area contributed by atoms with Crippen LogP contribution in [0.3, 0.4) is 0 Å². The molecule has 0 aliphatic rings. The molecule has 2 aromatic rings. The number of anilines is 1. The van der Waals surface area contributed by atoms with Gasteiger partial charge in [-0.1, -0.05) is 0 Å². The third kappa shape index (κ3) is 2.59. The van der Waals surface area contributed by atoms with Crippen molar-refractivity contribution in [2.75, 3.05) is 32.5 Å². The topological polar surface area (TPSA) is 58.9 Å². The maximum Gasteiger partial charge on any atom is 0.163 e. The van der Waals surface area contributed by atoms with Crippen LogP contribution in [0.1, 0.15) is 12.7 Å². The molecule has 0 fully saturated rings. The van der Waals surface area contributed by atoms with Crippen LogP contribution >= 0.6 is 0 Å². The molecule has 1 N–H and O–H groups in total.